The Bertz CT molecular complexity index is 1010. The van der Waals surface area contributed by atoms with Gasteiger partial charge in [-0.15, -0.1) is 0 Å². The van der Waals surface area contributed by atoms with Crippen molar-refractivity contribution >= 4 is 23.6 Å². The van der Waals surface area contributed by atoms with Crippen LogP contribution in [-0.4, -0.2) is 56.0 Å². The van der Waals surface area contributed by atoms with Crippen LogP contribution in [-0.2, 0) is 19.1 Å². The van der Waals surface area contributed by atoms with Gasteiger partial charge >= 0.3 is 6.09 Å². The summed E-state index contributed by atoms with van der Waals surface area (Å²) in [5.74, 6) is 1.24. The number of amides is 2. The Balaban J connectivity index is 1.61. The van der Waals surface area contributed by atoms with E-state index in [1.54, 1.807) is 0 Å². The number of ether oxygens (including phenoxy) is 2. The van der Waals surface area contributed by atoms with E-state index in [9.17, 15) is 14.4 Å². The van der Waals surface area contributed by atoms with E-state index >= 15 is 0 Å². The quantitative estimate of drug-likeness (QED) is 0.420. The maximum absolute atomic E-state index is 13.8. The molecule has 1 aromatic carbocycles. The van der Waals surface area contributed by atoms with Crippen molar-refractivity contribution in [1.29, 1.82) is 0 Å². The fourth-order valence-electron chi connectivity index (χ4n) is 7.20. The Morgan fingerprint density at radius 3 is 2.37 bits per heavy atom. The molecule has 0 radical (unpaired) electrons. The second-order valence-electron chi connectivity index (χ2n) is 11.7. The van der Waals surface area contributed by atoms with Crippen LogP contribution in [0.3, 0.4) is 0 Å². The van der Waals surface area contributed by atoms with Crippen molar-refractivity contribution in [3.05, 3.63) is 35.9 Å². The second-order valence-corrected chi connectivity index (χ2v) is 11.7. The van der Waals surface area contributed by atoms with E-state index in [4.69, 9.17) is 14.5 Å². The maximum Gasteiger partial charge on any atom is 0.412 e. The fraction of sp³-hybridized carbons (Fsp3) is 0.667. The van der Waals surface area contributed by atoms with Gasteiger partial charge in [-0.05, 0) is 55.3 Å². The lowest BCUT2D eigenvalue weighted by molar-refractivity contribution is -0.137. The smallest absolute Gasteiger partial charge is 0.412 e. The minimum absolute atomic E-state index is 0.00210. The number of benzene rings is 1. The fourth-order valence-corrected chi connectivity index (χ4v) is 7.20. The van der Waals surface area contributed by atoms with Gasteiger partial charge in [0.2, 0.25) is 5.91 Å². The summed E-state index contributed by atoms with van der Waals surface area (Å²) < 4.78 is 10.2. The number of carbonyl (C=O) groups excluding carboxylic acids is 3. The van der Waals surface area contributed by atoms with Crippen LogP contribution in [0.5, 0.6) is 0 Å². The number of methoxy groups -OCH3 is 1. The molecule has 1 aliphatic heterocycles. The number of hydrogen-bond acceptors (Lipinski definition) is 6. The standard InChI is InChI=1S/C30H43N3O5/c1-19-17-38-18-25(34)26(19)32-28(35)24(31-27(33-29(36)37-4)23-10-6-5-7-11-23)16-22-14-20(2)30(21(3)15-22)12-8-9-13-30/h5-7,10-11,19-22,24,26H,8-9,12-18H2,1-4H3,(H,32,35)(H,31,33,36). The van der Waals surface area contributed by atoms with Gasteiger partial charge in [0.15, 0.2) is 5.78 Å². The summed E-state index contributed by atoms with van der Waals surface area (Å²) in [5, 5.41) is 5.69. The molecule has 1 aromatic rings. The molecule has 8 heteroatoms. The number of aliphatic imine (C=N–C) groups is 1. The summed E-state index contributed by atoms with van der Waals surface area (Å²) in [4.78, 5) is 43.3. The Morgan fingerprint density at radius 2 is 1.76 bits per heavy atom. The Labute approximate surface area is 226 Å². The molecule has 2 saturated carbocycles. The van der Waals surface area contributed by atoms with E-state index in [1.807, 2.05) is 37.3 Å². The molecule has 4 rings (SSSR count). The molecule has 5 atom stereocenters. The summed E-state index contributed by atoms with van der Waals surface area (Å²) in [7, 11) is 1.30. The maximum atomic E-state index is 13.8. The number of nitrogens with zero attached hydrogens (tertiary/aromatic N) is 1. The highest BCUT2D eigenvalue weighted by Crippen LogP contribution is 2.57. The number of ketones is 1. The van der Waals surface area contributed by atoms with E-state index in [2.05, 4.69) is 24.5 Å². The normalized spacial score (nSPS) is 30.1. The number of carbonyl (C=O) groups is 3. The van der Waals surface area contributed by atoms with Crippen molar-refractivity contribution in [3.63, 3.8) is 0 Å². The third-order valence-corrected chi connectivity index (χ3v) is 9.31. The van der Waals surface area contributed by atoms with Crippen molar-refractivity contribution in [2.45, 2.75) is 77.8 Å². The van der Waals surface area contributed by atoms with Crippen molar-refractivity contribution in [2.24, 2.45) is 34.1 Å². The monoisotopic (exact) mass is 525 g/mol. The summed E-state index contributed by atoms with van der Waals surface area (Å²) >= 11 is 0. The molecule has 2 amide bonds. The average molecular weight is 526 g/mol. The lowest BCUT2D eigenvalue weighted by Crippen LogP contribution is -2.53. The summed E-state index contributed by atoms with van der Waals surface area (Å²) in [6.07, 6.45) is 7.24. The zero-order chi connectivity index (χ0) is 27.3. The molecule has 0 aromatic heterocycles. The van der Waals surface area contributed by atoms with E-state index in [-0.39, 0.29) is 30.1 Å². The highest BCUT2D eigenvalue weighted by Gasteiger charge is 2.48. The Kier molecular flexibility index (Phi) is 9.23. The van der Waals surface area contributed by atoms with Crippen LogP contribution >= 0.6 is 0 Å². The van der Waals surface area contributed by atoms with Crippen molar-refractivity contribution in [1.82, 2.24) is 10.6 Å². The van der Waals surface area contributed by atoms with Gasteiger partial charge in [0.25, 0.3) is 0 Å². The minimum atomic E-state index is -0.757. The number of alkyl carbamates (subject to hydrolysis) is 1. The van der Waals surface area contributed by atoms with Gasteiger partial charge in [0.05, 0.1) is 19.8 Å². The van der Waals surface area contributed by atoms with E-state index in [0.717, 1.165) is 12.8 Å². The van der Waals surface area contributed by atoms with Crippen molar-refractivity contribution < 1.29 is 23.9 Å². The van der Waals surface area contributed by atoms with Gasteiger partial charge in [-0.3, -0.25) is 19.9 Å². The Morgan fingerprint density at radius 1 is 1.11 bits per heavy atom. The van der Waals surface area contributed by atoms with Gasteiger partial charge < -0.3 is 14.8 Å². The van der Waals surface area contributed by atoms with E-state index < -0.39 is 18.2 Å². The molecule has 1 saturated heterocycles. The van der Waals surface area contributed by atoms with Gasteiger partial charge in [0.1, 0.15) is 18.5 Å². The predicted molar refractivity (Wildman–Crippen MR) is 146 cm³/mol. The number of nitrogens with one attached hydrogen (secondary N) is 2. The number of Topliss-reactive ketones (excluding diaryl/α,β-unsaturated/α-hetero) is 1. The molecule has 1 heterocycles. The van der Waals surface area contributed by atoms with Crippen LogP contribution in [0.25, 0.3) is 0 Å². The molecule has 5 unspecified atom stereocenters. The zero-order valence-electron chi connectivity index (χ0n) is 23.2. The van der Waals surface area contributed by atoms with Crippen molar-refractivity contribution in [2.75, 3.05) is 20.3 Å². The van der Waals surface area contributed by atoms with Crippen LogP contribution < -0.4 is 10.6 Å². The van der Waals surface area contributed by atoms with Gasteiger partial charge in [0, 0.05) is 11.5 Å². The lowest BCUT2D eigenvalue weighted by Gasteiger charge is -2.48. The first-order chi connectivity index (χ1) is 18.2. The van der Waals surface area contributed by atoms with Gasteiger partial charge in [-0.1, -0.05) is 63.9 Å². The van der Waals surface area contributed by atoms with E-state index in [0.29, 0.717) is 41.8 Å². The third-order valence-electron chi connectivity index (χ3n) is 9.31. The molecule has 3 fully saturated rings. The first kappa shape index (κ1) is 28.3. The largest absolute Gasteiger partial charge is 0.453 e. The predicted octanol–water partition coefficient (Wildman–Crippen LogP) is 4.51. The van der Waals surface area contributed by atoms with E-state index in [1.165, 1.54) is 32.8 Å². The molecule has 2 aliphatic carbocycles. The number of rotatable bonds is 6. The summed E-state index contributed by atoms with van der Waals surface area (Å²) in [5.41, 5.74) is 1.10. The first-order valence-electron chi connectivity index (χ1n) is 14.1. The SMILES string of the molecule is COC(=O)NC(=NC(CC1CC(C)C2(CCCC2)C(C)C1)C(=O)NC1C(=O)COCC1C)c1ccccc1. The molecule has 0 bridgehead atoms. The van der Waals surface area contributed by atoms with Crippen LogP contribution in [0.1, 0.15) is 71.3 Å². The highest BCUT2D eigenvalue weighted by molar-refractivity contribution is 6.07. The molecule has 8 nitrogen and oxygen atoms in total. The van der Waals surface area contributed by atoms with Gasteiger partial charge in [-0.25, -0.2) is 4.79 Å². The second kappa shape index (κ2) is 12.4. The molecule has 2 N–H and O–H groups in total. The van der Waals surface area contributed by atoms with Crippen LogP contribution in [0.2, 0.25) is 0 Å². The first-order valence-corrected chi connectivity index (χ1v) is 14.1. The van der Waals surface area contributed by atoms with Gasteiger partial charge in [-0.2, -0.15) is 0 Å². The zero-order valence-corrected chi connectivity index (χ0v) is 23.2. The number of hydrogen-bond donors (Lipinski definition) is 2. The highest BCUT2D eigenvalue weighted by atomic mass is 16.5. The van der Waals surface area contributed by atoms with Crippen LogP contribution in [0, 0.1) is 29.1 Å². The van der Waals surface area contributed by atoms with Crippen LogP contribution in [0.15, 0.2) is 35.3 Å². The third kappa shape index (κ3) is 6.28. The molecule has 208 valence electrons. The lowest BCUT2D eigenvalue weighted by atomic mass is 9.57. The minimum Gasteiger partial charge on any atom is -0.453 e. The van der Waals surface area contributed by atoms with Crippen LogP contribution in [0.4, 0.5) is 4.79 Å². The summed E-state index contributed by atoms with van der Waals surface area (Å²) in [6, 6.07) is 7.90. The number of amidine groups is 1. The molecular formula is C30H43N3O5. The van der Waals surface area contributed by atoms with Crippen molar-refractivity contribution in [3.8, 4) is 0 Å². The average Bonchev–Trinajstić information content (AvgIpc) is 3.40. The molecule has 3 aliphatic rings. The molecule has 38 heavy (non-hydrogen) atoms. The topological polar surface area (TPSA) is 106 Å². The summed E-state index contributed by atoms with van der Waals surface area (Å²) in [6.45, 7) is 7.08. The molecular weight excluding hydrogens is 482 g/mol. The Hall–Kier alpha value is -2.74. The molecule has 1 spiro atoms.